The maximum atomic E-state index is 12.0. The number of ether oxygens (including phenoxy) is 3. The molecule has 0 spiro atoms. The van der Waals surface area contributed by atoms with E-state index in [-0.39, 0.29) is 12.5 Å². The third-order valence-electron chi connectivity index (χ3n) is 6.35. The van der Waals surface area contributed by atoms with Gasteiger partial charge in [-0.2, -0.15) is 0 Å². The van der Waals surface area contributed by atoms with Gasteiger partial charge in [-0.15, -0.1) is 0 Å². The lowest BCUT2D eigenvalue weighted by Crippen LogP contribution is -2.29. The zero-order chi connectivity index (χ0) is 26.4. The summed E-state index contributed by atoms with van der Waals surface area (Å²) in [6.45, 7) is 2.29. The van der Waals surface area contributed by atoms with E-state index in [4.69, 9.17) is 19.2 Å². The van der Waals surface area contributed by atoms with Gasteiger partial charge in [-0.1, -0.05) is 36.8 Å². The van der Waals surface area contributed by atoms with Crippen LogP contribution >= 0.6 is 0 Å². The largest absolute Gasteiger partial charge is 0.497 e. The van der Waals surface area contributed by atoms with Crippen molar-refractivity contribution in [3.8, 4) is 17.2 Å². The number of aryl methyl sites for hydroxylation is 2. The lowest BCUT2D eigenvalue weighted by Gasteiger charge is -2.11. The van der Waals surface area contributed by atoms with Crippen molar-refractivity contribution in [2.45, 2.75) is 45.1 Å². The predicted molar refractivity (Wildman–Crippen MR) is 150 cm³/mol. The van der Waals surface area contributed by atoms with Crippen molar-refractivity contribution in [1.82, 2.24) is 14.9 Å². The van der Waals surface area contributed by atoms with Crippen LogP contribution in [0.1, 0.15) is 37.9 Å². The first-order valence-electron chi connectivity index (χ1n) is 13.4. The van der Waals surface area contributed by atoms with Gasteiger partial charge in [0.2, 0.25) is 0 Å². The Morgan fingerprint density at radius 1 is 0.789 bits per heavy atom. The molecule has 1 heterocycles. The van der Waals surface area contributed by atoms with Crippen LogP contribution in [0.2, 0.25) is 0 Å². The molecule has 0 aliphatic rings. The number of nitrogens with one attached hydrogen (secondary N) is 1. The highest BCUT2D eigenvalue weighted by molar-refractivity contribution is 5.77. The molecule has 0 aliphatic heterocycles. The number of aromatic nitrogens is 2. The molecular formula is C31H37N3O4. The van der Waals surface area contributed by atoms with E-state index in [1.54, 1.807) is 7.11 Å². The van der Waals surface area contributed by atoms with Gasteiger partial charge in [-0.3, -0.25) is 4.79 Å². The maximum absolute atomic E-state index is 12.0. The average Bonchev–Trinajstić information content (AvgIpc) is 3.31. The summed E-state index contributed by atoms with van der Waals surface area (Å²) >= 11 is 0. The number of unbranched alkanes of at least 4 members (excludes halogenated alkanes) is 3. The van der Waals surface area contributed by atoms with Crippen molar-refractivity contribution in [2.75, 3.05) is 26.9 Å². The molecule has 0 atom stereocenters. The van der Waals surface area contributed by atoms with Crippen molar-refractivity contribution in [3.05, 3.63) is 84.7 Å². The Morgan fingerprint density at radius 2 is 1.53 bits per heavy atom. The Kier molecular flexibility index (Phi) is 10.4. The van der Waals surface area contributed by atoms with Crippen molar-refractivity contribution in [2.24, 2.45) is 0 Å². The minimum absolute atomic E-state index is 0.0408. The van der Waals surface area contributed by atoms with Crippen molar-refractivity contribution in [3.63, 3.8) is 0 Å². The first kappa shape index (κ1) is 27.0. The monoisotopic (exact) mass is 515 g/mol. The summed E-state index contributed by atoms with van der Waals surface area (Å²) in [5, 5.41) is 2.94. The number of para-hydroxylation sites is 3. The number of amides is 1. The molecule has 1 N–H and O–H groups in total. The first-order chi connectivity index (χ1) is 18.7. The lowest BCUT2D eigenvalue weighted by atomic mass is 10.2. The van der Waals surface area contributed by atoms with E-state index in [9.17, 15) is 4.79 Å². The molecule has 3 aromatic carbocycles. The molecule has 4 aromatic rings. The molecule has 0 aliphatic carbocycles. The Balaban J connectivity index is 1.16. The molecule has 0 unspecified atom stereocenters. The number of carbonyl (C=O) groups excluding carboxylic acids is 1. The fourth-order valence-corrected chi connectivity index (χ4v) is 4.33. The van der Waals surface area contributed by atoms with Crippen LogP contribution in [-0.4, -0.2) is 42.3 Å². The van der Waals surface area contributed by atoms with E-state index in [2.05, 4.69) is 28.1 Å². The number of imidazole rings is 1. The van der Waals surface area contributed by atoms with Crippen LogP contribution in [0.5, 0.6) is 17.2 Å². The zero-order valence-electron chi connectivity index (χ0n) is 22.1. The molecule has 0 radical (unpaired) electrons. The molecule has 1 aromatic heterocycles. The van der Waals surface area contributed by atoms with Gasteiger partial charge in [-0.25, -0.2) is 4.98 Å². The van der Waals surface area contributed by atoms with Crippen molar-refractivity contribution >= 4 is 16.9 Å². The lowest BCUT2D eigenvalue weighted by molar-refractivity contribution is -0.123. The summed E-state index contributed by atoms with van der Waals surface area (Å²) in [6, 6.07) is 25.4. The van der Waals surface area contributed by atoms with Gasteiger partial charge in [0.05, 0.1) is 24.8 Å². The molecule has 1 amide bonds. The third-order valence-corrected chi connectivity index (χ3v) is 6.35. The van der Waals surface area contributed by atoms with E-state index in [0.717, 1.165) is 67.9 Å². The second-order valence-electron chi connectivity index (χ2n) is 9.16. The van der Waals surface area contributed by atoms with Gasteiger partial charge in [0.1, 0.15) is 23.1 Å². The molecule has 7 nitrogen and oxygen atoms in total. The number of carbonyl (C=O) groups is 1. The fourth-order valence-electron chi connectivity index (χ4n) is 4.33. The van der Waals surface area contributed by atoms with Crippen LogP contribution in [-0.2, 0) is 17.8 Å². The molecule has 0 fully saturated rings. The Labute approximate surface area is 224 Å². The van der Waals surface area contributed by atoms with Crippen LogP contribution < -0.4 is 19.5 Å². The normalized spacial score (nSPS) is 10.9. The molecular weight excluding hydrogens is 478 g/mol. The molecule has 0 saturated heterocycles. The molecule has 200 valence electrons. The van der Waals surface area contributed by atoms with Crippen molar-refractivity contribution in [1.29, 1.82) is 0 Å². The number of rotatable bonds is 16. The number of fused-ring (bicyclic) bond motifs is 1. The van der Waals surface area contributed by atoms with Crippen molar-refractivity contribution < 1.29 is 19.0 Å². The SMILES string of the molecule is COc1ccc(OCCCCn2c(CCCCCNC(=O)COc3ccccc3)nc3ccccc32)cc1. The molecule has 7 heteroatoms. The Morgan fingerprint density at radius 3 is 2.34 bits per heavy atom. The van der Waals surface area contributed by atoms with E-state index in [1.807, 2.05) is 60.7 Å². The van der Waals surface area contributed by atoms with E-state index >= 15 is 0 Å². The number of benzene rings is 3. The Bertz CT molecular complexity index is 1260. The smallest absolute Gasteiger partial charge is 0.257 e. The second-order valence-corrected chi connectivity index (χ2v) is 9.16. The predicted octanol–water partition coefficient (Wildman–Crippen LogP) is 5.81. The van der Waals surface area contributed by atoms with Crippen LogP contribution in [0, 0.1) is 0 Å². The minimum atomic E-state index is -0.0911. The quantitative estimate of drug-likeness (QED) is 0.191. The summed E-state index contributed by atoms with van der Waals surface area (Å²) in [5.74, 6) is 3.43. The number of methoxy groups -OCH3 is 1. The van der Waals surface area contributed by atoms with Crippen LogP contribution in [0.15, 0.2) is 78.9 Å². The van der Waals surface area contributed by atoms with E-state index in [1.165, 1.54) is 5.52 Å². The number of hydrogen-bond acceptors (Lipinski definition) is 5. The molecule has 4 rings (SSSR count). The summed E-state index contributed by atoms with van der Waals surface area (Å²) < 4.78 is 18.9. The molecule has 0 bridgehead atoms. The van der Waals surface area contributed by atoms with Crippen LogP contribution in [0.3, 0.4) is 0 Å². The summed E-state index contributed by atoms with van der Waals surface area (Å²) in [4.78, 5) is 16.9. The highest BCUT2D eigenvalue weighted by atomic mass is 16.5. The first-order valence-corrected chi connectivity index (χ1v) is 13.4. The van der Waals surface area contributed by atoms with Gasteiger partial charge in [0.15, 0.2) is 6.61 Å². The summed E-state index contributed by atoms with van der Waals surface area (Å²) in [5.41, 5.74) is 2.23. The standard InChI is InChI=1S/C31H37N3O4/c1-36-25-17-19-27(20-18-25)37-23-11-10-22-34-29-15-8-7-14-28(29)33-30(34)16-6-3-9-21-32-31(35)24-38-26-12-4-2-5-13-26/h2,4-5,7-8,12-15,17-20H,3,6,9-11,16,21-24H2,1H3,(H,32,35). The topological polar surface area (TPSA) is 74.6 Å². The van der Waals surface area contributed by atoms with Gasteiger partial charge in [-0.05, 0) is 74.2 Å². The van der Waals surface area contributed by atoms with Gasteiger partial charge >= 0.3 is 0 Å². The Hall–Kier alpha value is -4.00. The highest BCUT2D eigenvalue weighted by Gasteiger charge is 2.10. The van der Waals surface area contributed by atoms with Gasteiger partial charge < -0.3 is 24.1 Å². The highest BCUT2D eigenvalue weighted by Crippen LogP contribution is 2.20. The fraction of sp³-hybridized carbons (Fsp3) is 0.355. The summed E-state index contributed by atoms with van der Waals surface area (Å²) in [7, 11) is 1.66. The second kappa shape index (κ2) is 14.7. The molecule has 0 saturated carbocycles. The average molecular weight is 516 g/mol. The number of hydrogen-bond donors (Lipinski definition) is 1. The van der Waals surface area contributed by atoms with E-state index in [0.29, 0.717) is 18.9 Å². The van der Waals surface area contributed by atoms with Crippen LogP contribution in [0.25, 0.3) is 11.0 Å². The third kappa shape index (κ3) is 8.26. The van der Waals surface area contributed by atoms with Gasteiger partial charge in [0, 0.05) is 19.5 Å². The maximum Gasteiger partial charge on any atom is 0.257 e. The minimum Gasteiger partial charge on any atom is -0.497 e. The summed E-state index contributed by atoms with van der Waals surface area (Å²) in [6.07, 6.45) is 5.88. The van der Waals surface area contributed by atoms with Crippen LogP contribution in [0.4, 0.5) is 0 Å². The molecule has 38 heavy (non-hydrogen) atoms. The zero-order valence-corrected chi connectivity index (χ0v) is 22.1. The van der Waals surface area contributed by atoms with E-state index < -0.39 is 0 Å². The number of nitrogens with zero attached hydrogens (tertiary/aromatic N) is 2. The van der Waals surface area contributed by atoms with Gasteiger partial charge in [0.25, 0.3) is 5.91 Å².